The lowest BCUT2D eigenvalue weighted by atomic mass is 10.0. The summed E-state index contributed by atoms with van der Waals surface area (Å²) >= 11 is 3.33. The van der Waals surface area contributed by atoms with E-state index in [9.17, 15) is 20.2 Å². The van der Waals surface area contributed by atoms with Crippen LogP contribution in [-0.2, 0) is 4.79 Å². The molecule has 0 unspecified atom stereocenters. The number of carbonyl (C=O) groups excluding carboxylic acids is 1. The number of amides is 1. The van der Waals surface area contributed by atoms with E-state index in [0.29, 0.717) is 26.9 Å². The summed E-state index contributed by atoms with van der Waals surface area (Å²) < 4.78 is 5.83. The molecule has 2 rings (SSSR count). The van der Waals surface area contributed by atoms with Crippen LogP contribution in [0.1, 0.15) is 11.1 Å². The van der Waals surface area contributed by atoms with Crippen molar-refractivity contribution < 1.29 is 14.5 Å². The van der Waals surface area contributed by atoms with Gasteiger partial charge < -0.3 is 10.5 Å². The number of carbonyl (C=O) groups is 1. The molecule has 0 aliphatic heterocycles. The SMILES string of the molecule is N#C/C(=C\c1ccc(OCC(N)=O)c(Br)c1)c1ccc([N+](=O)[O-])cc1. The monoisotopic (exact) mass is 401 g/mol. The summed E-state index contributed by atoms with van der Waals surface area (Å²) in [7, 11) is 0. The zero-order chi connectivity index (χ0) is 18.4. The van der Waals surface area contributed by atoms with Crippen molar-refractivity contribution in [2.75, 3.05) is 6.61 Å². The lowest BCUT2D eigenvalue weighted by Gasteiger charge is -2.07. The fourth-order valence-corrected chi connectivity index (χ4v) is 2.49. The standard InChI is InChI=1S/C17H12BrN3O4/c18-15-8-11(1-6-16(15)25-10-17(20)22)7-13(9-19)12-2-4-14(5-3-12)21(23)24/h1-8H,10H2,(H2,20,22)/b13-7+. The first-order valence-corrected chi connectivity index (χ1v) is 7.77. The molecule has 0 saturated carbocycles. The maximum Gasteiger partial charge on any atom is 0.269 e. The van der Waals surface area contributed by atoms with Crippen molar-refractivity contribution in [3.63, 3.8) is 0 Å². The second kappa shape index (κ2) is 8.08. The molecule has 7 nitrogen and oxygen atoms in total. The number of nitro groups is 1. The number of primary amides is 1. The van der Waals surface area contributed by atoms with Gasteiger partial charge in [-0.15, -0.1) is 0 Å². The van der Waals surface area contributed by atoms with E-state index in [-0.39, 0.29) is 12.3 Å². The van der Waals surface area contributed by atoms with Crippen molar-refractivity contribution in [2.24, 2.45) is 5.73 Å². The van der Waals surface area contributed by atoms with Crippen LogP contribution in [0.4, 0.5) is 5.69 Å². The molecular weight excluding hydrogens is 390 g/mol. The van der Waals surface area contributed by atoms with E-state index in [1.807, 2.05) is 0 Å². The zero-order valence-electron chi connectivity index (χ0n) is 12.8. The second-order valence-corrected chi connectivity index (χ2v) is 5.77. The fourth-order valence-electron chi connectivity index (χ4n) is 1.98. The second-order valence-electron chi connectivity index (χ2n) is 4.92. The number of allylic oxidation sites excluding steroid dienone is 1. The Labute approximate surface area is 151 Å². The van der Waals surface area contributed by atoms with E-state index in [1.165, 1.54) is 24.3 Å². The van der Waals surface area contributed by atoms with Crippen molar-refractivity contribution >= 4 is 39.2 Å². The third-order valence-corrected chi connectivity index (χ3v) is 3.77. The lowest BCUT2D eigenvalue weighted by Crippen LogP contribution is -2.20. The highest BCUT2D eigenvalue weighted by molar-refractivity contribution is 9.10. The highest BCUT2D eigenvalue weighted by atomic mass is 79.9. The van der Waals surface area contributed by atoms with E-state index in [4.69, 9.17) is 10.5 Å². The van der Waals surface area contributed by atoms with Gasteiger partial charge in [0.25, 0.3) is 11.6 Å². The van der Waals surface area contributed by atoms with E-state index in [0.717, 1.165) is 0 Å². The summed E-state index contributed by atoms with van der Waals surface area (Å²) in [6.07, 6.45) is 1.64. The minimum atomic E-state index is -0.583. The molecule has 0 heterocycles. The number of nitrogens with zero attached hydrogens (tertiary/aromatic N) is 2. The molecule has 0 atom stereocenters. The Balaban J connectivity index is 2.27. The van der Waals surface area contributed by atoms with Gasteiger partial charge in [-0.05, 0) is 57.4 Å². The van der Waals surface area contributed by atoms with Gasteiger partial charge in [0.15, 0.2) is 6.61 Å². The fraction of sp³-hybridized carbons (Fsp3) is 0.0588. The Morgan fingerprint density at radius 3 is 2.52 bits per heavy atom. The zero-order valence-corrected chi connectivity index (χ0v) is 14.4. The van der Waals surface area contributed by atoms with Crippen LogP contribution in [0, 0.1) is 21.4 Å². The number of benzene rings is 2. The summed E-state index contributed by atoms with van der Waals surface area (Å²) in [6.45, 7) is -0.236. The number of nitriles is 1. The molecule has 0 saturated heterocycles. The van der Waals surface area contributed by atoms with Crippen LogP contribution >= 0.6 is 15.9 Å². The van der Waals surface area contributed by atoms with Crippen molar-refractivity contribution in [3.05, 3.63) is 68.2 Å². The van der Waals surface area contributed by atoms with E-state index in [2.05, 4.69) is 22.0 Å². The average molecular weight is 402 g/mol. The van der Waals surface area contributed by atoms with Crippen molar-refractivity contribution in [3.8, 4) is 11.8 Å². The Kier molecular flexibility index (Phi) is 5.87. The lowest BCUT2D eigenvalue weighted by molar-refractivity contribution is -0.384. The summed E-state index contributed by atoms with van der Waals surface area (Å²) in [5.74, 6) is -0.134. The minimum Gasteiger partial charge on any atom is -0.483 e. The molecule has 0 aliphatic carbocycles. The van der Waals surface area contributed by atoms with Gasteiger partial charge in [-0.3, -0.25) is 14.9 Å². The molecule has 0 fully saturated rings. The van der Waals surface area contributed by atoms with E-state index >= 15 is 0 Å². The number of non-ortho nitro benzene ring substituents is 1. The summed E-state index contributed by atoms with van der Waals surface area (Å²) in [6, 6.07) is 12.9. The van der Waals surface area contributed by atoms with Crippen molar-refractivity contribution in [1.82, 2.24) is 0 Å². The van der Waals surface area contributed by atoms with Crippen molar-refractivity contribution in [2.45, 2.75) is 0 Å². The molecule has 2 N–H and O–H groups in total. The van der Waals surface area contributed by atoms with Gasteiger partial charge in [-0.1, -0.05) is 6.07 Å². The van der Waals surface area contributed by atoms with Gasteiger partial charge in [0.1, 0.15) is 5.75 Å². The average Bonchev–Trinajstić information content (AvgIpc) is 2.58. The summed E-state index contributed by atoms with van der Waals surface area (Å²) in [5, 5.41) is 20.0. The number of hydrogen-bond donors (Lipinski definition) is 1. The Bertz CT molecular complexity index is 886. The van der Waals surface area contributed by atoms with Gasteiger partial charge in [0, 0.05) is 12.1 Å². The normalized spacial score (nSPS) is 10.8. The first-order chi connectivity index (χ1) is 11.9. The Morgan fingerprint density at radius 2 is 2.00 bits per heavy atom. The number of hydrogen-bond acceptors (Lipinski definition) is 5. The maximum absolute atomic E-state index is 10.8. The van der Waals surface area contributed by atoms with Crippen LogP contribution < -0.4 is 10.5 Å². The summed E-state index contributed by atoms with van der Waals surface area (Å²) in [4.78, 5) is 20.9. The van der Waals surface area contributed by atoms with Gasteiger partial charge in [-0.25, -0.2) is 0 Å². The van der Waals surface area contributed by atoms with Gasteiger partial charge in [0.2, 0.25) is 0 Å². The molecule has 0 radical (unpaired) electrons. The molecule has 2 aromatic carbocycles. The smallest absolute Gasteiger partial charge is 0.269 e. The topological polar surface area (TPSA) is 119 Å². The molecule has 2 aromatic rings. The van der Waals surface area contributed by atoms with Crippen LogP contribution in [0.2, 0.25) is 0 Å². The number of nitro benzene ring substituents is 1. The molecular formula is C17H12BrN3O4. The van der Waals surface area contributed by atoms with E-state index < -0.39 is 10.8 Å². The van der Waals surface area contributed by atoms with Crippen LogP contribution in [0.25, 0.3) is 11.6 Å². The highest BCUT2D eigenvalue weighted by Crippen LogP contribution is 2.28. The third kappa shape index (κ3) is 4.89. The van der Waals surface area contributed by atoms with E-state index in [1.54, 1.807) is 24.3 Å². The summed E-state index contributed by atoms with van der Waals surface area (Å²) in [5.41, 5.74) is 6.63. The van der Waals surface area contributed by atoms with Crippen LogP contribution in [0.5, 0.6) is 5.75 Å². The number of ether oxygens (including phenoxy) is 1. The first-order valence-electron chi connectivity index (χ1n) is 6.98. The molecule has 0 aromatic heterocycles. The van der Waals surface area contributed by atoms with Gasteiger partial charge in [0.05, 0.1) is 21.0 Å². The van der Waals surface area contributed by atoms with Gasteiger partial charge >= 0.3 is 0 Å². The first kappa shape index (κ1) is 18.2. The molecule has 1 amide bonds. The number of rotatable bonds is 6. The van der Waals surface area contributed by atoms with Crippen LogP contribution in [0.3, 0.4) is 0 Å². The predicted molar refractivity (Wildman–Crippen MR) is 95.4 cm³/mol. The van der Waals surface area contributed by atoms with Crippen molar-refractivity contribution in [1.29, 1.82) is 5.26 Å². The third-order valence-electron chi connectivity index (χ3n) is 3.15. The predicted octanol–water partition coefficient (Wildman–Crippen LogP) is 3.29. The Hall–Kier alpha value is -3.18. The number of halogens is 1. The number of nitrogens with two attached hydrogens (primary N) is 1. The largest absolute Gasteiger partial charge is 0.483 e. The Morgan fingerprint density at radius 1 is 1.32 bits per heavy atom. The molecule has 0 spiro atoms. The van der Waals surface area contributed by atoms with Crippen LogP contribution in [-0.4, -0.2) is 17.4 Å². The van der Waals surface area contributed by atoms with Gasteiger partial charge in [-0.2, -0.15) is 5.26 Å². The molecule has 126 valence electrons. The molecule has 25 heavy (non-hydrogen) atoms. The quantitative estimate of drug-likeness (QED) is 0.344. The molecule has 0 aliphatic rings. The highest BCUT2D eigenvalue weighted by Gasteiger charge is 2.08. The minimum absolute atomic E-state index is 0.0419. The molecule has 0 bridgehead atoms. The maximum atomic E-state index is 10.8. The molecule has 8 heteroatoms. The van der Waals surface area contributed by atoms with Crippen LogP contribution in [0.15, 0.2) is 46.9 Å².